The van der Waals surface area contributed by atoms with Crippen LogP contribution in [0.15, 0.2) is 88.5 Å². The van der Waals surface area contributed by atoms with Gasteiger partial charge < -0.3 is 0 Å². The minimum Gasteiger partial charge on any atom is -0.209 e. The molecule has 0 atom stereocenters. The third kappa shape index (κ3) is 3.10. The van der Waals surface area contributed by atoms with Crippen molar-refractivity contribution in [1.82, 2.24) is 0 Å². The van der Waals surface area contributed by atoms with Crippen LogP contribution in [0.2, 0.25) is 0 Å². The van der Waals surface area contributed by atoms with Crippen LogP contribution in [0.5, 0.6) is 0 Å². The molecule has 5 heterocycles. The van der Waals surface area contributed by atoms with Crippen LogP contribution in [-0.2, 0) is 17.1 Å². The minimum atomic E-state index is 0. The van der Waals surface area contributed by atoms with Gasteiger partial charge in [-0.05, 0) is 48.6 Å². The second kappa shape index (κ2) is 6.04. The molecule has 8 bridgehead atoms. The van der Waals surface area contributed by atoms with Crippen LogP contribution in [-0.4, -0.2) is 46.7 Å². The summed E-state index contributed by atoms with van der Waals surface area (Å²) in [6, 6.07) is 0. The summed E-state index contributed by atoms with van der Waals surface area (Å²) in [6.07, 6.45) is 14.2. The van der Waals surface area contributed by atoms with Gasteiger partial charge in [-0.25, -0.2) is 39.9 Å². The Balaban J connectivity index is 0.00000157. The number of aliphatic imine (C=N–C) groups is 8. The second-order valence-electron chi connectivity index (χ2n) is 5.09. The molecule has 0 N–H and O–H groups in total. The van der Waals surface area contributed by atoms with Gasteiger partial charge in [-0.2, -0.15) is 0 Å². The molecule has 5 aliphatic heterocycles. The Labute approximate surface area is 152 Å². The van der Waals surface area contributed by atoms with Crippen molar-refractivity contribution < 1.29 is 17.1 Å². The van der Waals surface area contributed by atoms with Crippen molar-refractivity contribution in [3.8, 4) is 0 Å². The van der Waals surface area contributed by atoms with Gasteiger partial charge in [0, 0.05) is 17.1 Å². The van der Waals surface area contributed by atoms with E-state index in [9.17, 15) is 0 Å². The van der Waals surface area contributed by atoms with E-state index in [1.165, 1.54) is 0 Å². The third-order valence-corrected chi connectivity index (χ3v) is 3.36. The van der Waals surface area contributed by atoms with Gasteiger partial charge in [0.2, 0.25) is 0 Å². The van der Waals surface area contributed by atoms with Crippen molar-refractivity contribution >= 4 is 46.7 Å². The van der Waals surface area contributed by atoms with Crippen LogP contribution in [0.3, 0.4) is 0 Å². The predicted molar refractivity (Wildman–Crippen MR) is 96.0 cm³/mol. The van der Waals surface area contributed by atoms with Crippen LogP contribution in [0, 0.1) is 0 Å². The summed E-state index contributed by atoms with van der Waals surface area (Å²) in [7, 11) is 0. The molecule has 119 valence electrons. The van der Waals surface area contributed by atoms with E-state index in [2.05, 4.69) is 39.9 Å². The monoisotopic (exact) mass is 367 g/mol. The molecule has 8 nitrogen and oxygen atoms in total. The van der Waals surface area contributed by atoms with Crippen molar-refractivity contribution in [3.05, 3.63) is 48.6 Å². The predicted octanol–water partition coefficient (Wildman–Crippen LogP) is 1.46. The molecule has 0 aromatic carbocycles. The molecule has 1 radical (unpaired) electrons. The normalized spacial score (nSPS) is 30.1. The maximum Gasteiger partial charge on any atom is 0.156 e. The standard InChI is InChI=1S/C16H8N8.Mn/c1-2-10-17-9(1)21-11-3-4-13(18-11)23-15-7-8-16(20-15)24-14-6-5-12(19-14)22-10;/h1-8H;/b21-9-,21-11?,22-10?,22-12-,23-13-,23-15?,24-14?,24-16-;. The summed E-state index contributed by atoms with van der Waals surface area (Å²) >= 11 is 0. The first-order chi connectivity index (χ1) is 11.8. The van der Waals surface area contributed by atoms with Crippen LogP contribution < -0.4 is 0 Å². The van der Waals surface area contributed by atoms with Gasteiger partial charge in [-0.3, -0.25) is 0 Å². The molecule has 25 heavy (non-hydrogen) atoms. The number of fused-ring (bicyclic) bond motifs is 4. The van der Waals surface area contributed by atoms with Gasteiger partial charge in [-0.1, -0.05) is 0 Å². The summed E-state index contributed by atoms with van der Waals surface area (Å²) < 4.78 is 0. The maximum absolute atomic E-state index is 4.37. The Morgan fingerprint density at radius 2 is 0.400 bits per heavy atom. The summed E-state index contributed by atoms with van der Waals surface area (Å²) in [5.74, 6) is 4.30. The van der Waals surface area contributed by atoms with Gasteiger partial charge in [0.1, 0.15) is 0 Å². The molecule has 9 heteroatoms. The maximum atomic E-state index is 4.37. The van der Waals surface area contributed by atoms with Crippen molar-refractivity contribution in [2.75, 3.05) is 0 Å². The zero-order chi connectivity index (χ0) is 15.9. The Morgan fingerprint density at radius 3 is 0.520 bits per heavy atom. The van der Waals surface area contributed by atoms with E-state index in [-0.39, 0.29) is 17.1 Å². The molecule has 0 unspecified atom stereocenters. The average Bonchev–Trinajstić information content (AvgIpc) is 3.32. The number of hydrogen-bond acceptors (Lipinski definition) is 8. The number of nitrogens with zero attached hydrogens (tertiary/aromatic N) is 8. The van der Waals surface area contributed by atoms with Crippen molar-refractivity contribution in [2.24, 2.45) is 39.9 Å². The third-order valence-electron chi connectivity index (χ3n) is 3.36. The van der Waals surface area contributed by atoms with Crippen molar-refractivity contribution in [1.29, 1.82) is 0 Å². The fourth-order valence-corrected chi connectivity index (χ4v) is 2.33. The van der Waals surface area contributed by atoms with E-state index in [0.29, 0.717) is 46.7 Å². The molecule has 0 aliphatic carbocycles. The molecular weight excluding hydrogens is 359 g/mol. The molecule has 0 aromatic rings. The van der Waals surface area contributed by atoms with Gasteiger partial charge >= 0.3 is 0 Å². The molecule has 5 aliphatic rings. The summed E-state index contributed by atoms with van der Waals surface area (Å²) in [6.45, 7) is 0. The first kappa shape index (κ1) is 15.4. The molecule has 0 saturated carbocycles. The molecule has 5 rings (SSSR count). The molecular formula is C16H8MnN8. The van der Waals surface area contributed by atoms with Crippen LogP contribution in [0.1, 0.15) is 0 Å². The van der Waals surface area contributed by atoms with Gasteiger partial charge in [0.15, 0.2) is 46.7 Å². The Hall–Kier alpha value is -3.16. The minimum absolute atomic E-state index is 0. The van der Waals surface area contributed by atoms with Crippen LogP contribution >= 0.6 is 0 Å². The number of amidine groups is 8. The van der Waals surface area contributed by atoms with E-state index < -0.39 is 0 Å². The first-order valence-corrected chi connectivity index (χ1v) is 7.22. The van der Waals surface area contributed by atoms with Crippen LogP contribution in [0.4, 0.5) is 0 Å². The Kier molecular flexibility index (Phi) is 3.72. The average molecular weight is 367 g/mol. The topological polar surface area (TPSA) is 98.9 Å². The second-order valence-corrected chi connectivity index (χ2v) is 5.09. The van der Waals surface area contributed by atoms with E-state index in [0.717, 1.165) is 0 Å². The van der Waals surface area contributed by atoms with E-state index in [1.807, 2.05) is 0 Å². The van der Waals surface area contributed by atoms with E-state index in [4.69, 9.17) is 0 Å². The quantitative estimate of drug-likeness (QED) is 0.579. The zero-order valence-corrected chi connectivity index (χ0v) is 13.8. The fraction of sp³-hybridized carbons (Fsp3) is 0. The van der Waals surface area contributed by atoms with Gasteiger partial charge in [-0.15, -0.1) is 0 Å². The molecule has 0 aromatic heterocycles. The van der Waals surface area contributed by atoms with Crippen LogP contribution in [0.25, 0.3) is 0 Å². The van der Waals surface area contributed by atoms with E-state index >= 15 is 0 Å². The fourth-order valence-electron chi connectivity index (χ4n) is 2.33. The summed E-state index contributed by atoms with van der Waals surface area (Å²) in [5.41, 5.74) is 0. The first-order valence-electron chi connectivity index (χ1n) is 7.22. The largest absolute Gasteiger partial charge is 0.209 e. The number of hydrogen-bond donors (Lipinski definition) is 0. The smallest absolute Gasteiger partial charge is 0.156 e. The SMILES string of the molecule is C1=C/C2=N/C3=NC(=N\C4=NC(=N\C5=NC(=N\C1=N2)/C=C5)/C=C4)/C=C3.[Mn]. The molecule has 0 fully saturated rings. The van der Waals surface area contributed by atoms with Crippen molar-refractivity contribution in [3.63, 3.8) is 0 Å². The molecule has 0 amide bonds. The number of rotatable bonds is 0. The zero-order valence-electron chi connectivity index (χ0n) is 12.6. The van der Waals surface area contributed by atoms with Gasteiger partial charge in [0.05, 0.1) is 0 Å². The van der Waals surface area contributed by atoms with E-state index in [1.54, 1.807) is 48.6 Å². The molecule has 0 spiro atoms. The Morgan fingerprint density at radius 1 is 0.280 bits per heavy atom. The molecule has 0 saturated heterocycles. The summed E-state index contributed by atoms with van der Waals surface area (Å²) in [4.78, 5) is 34.8. The summed E-state index contributed by atoms with van der Waals surface area (Å²) in [5, 5.41) is 0. The van der Waals surface area contributed by atoms with Crippen molar-refractivity contribution in [2.45, 2.75) is 0 Å². The van der Waals surface area contributed by atoms with Gasteiger partial charge in [0.25, 0.3) is 0 Å². The Bertz CT molecular complexity index is 854.